The van der Waals surface area contributed by atoms with Gasteiger partial charge in [-0.2, -0.15) is 4.73 Å². The zero-order valence-electron chi connectivity index (χ0n) is 12.6. The quantitative estimate of drug-likeness (QED) is 0.627. The smallest absolute Gasteiger partial charge is 0.192 e. The van der Waals surface area contributed by atoms with Crippen LogP contribution in [0.5, 0.6) is 0 Å². The first-order valence-electron chi connectivity index (χ1n) is 7.21. The molecule has 4 atom stereocenters. The van der Waals surface area contributed by atoms with E-state index in [-0.39, 0.29) is 17.6 Å². The second kappa shape index (κ2) is 4.74. The molecular formula is C13H17N5O5. The molecule has 4 rings (SSSR count). The highest BCUT2D eigenvalue weighted by Crippen LogP contribution is 2.43. The van der Waals surface area contributed by atoms with Gasteiger partial charge in [-0.25, -0.2) is 9.97 Å². The second-order valence-corrected chi connectivity index (χ2v) is 6.07. The minimum Gasteiger partial charge on any atom is -0.425 e. The molecule has 10 nitrogen and oxygen atoms in total. The van der Waals surface area contributed by atoms with Crippen molar-refractivity contribution in [3.8, 4) is 0 Å². The highest BCUT2D eigenvalue weighted by molar-refractivity contribution is 5.68. The van der Waals surface area contributed by atoms with Gasteiger partial charge in [-0.1, -0.05) is 0 Å². The summed E-state index contributed by atoms with van der Waals surface area (Å²) < 4.78 is 19.8. The first kappa shape index (κ1) is 14.6. The van der Waals surface area contributed by atoms with Crippen molar-refractivity contribution in [2.24, 2.45) is 0 Å². The number of aromatic nitrogens is 4. The number of imidazole rings is 1. The van der Waals surface area contributed by atoms with E-state index in [2.05, 4.69) is 9.97 Å². The van der Waals surface area contributed by atoms with Crippen molar-refractivity contribution in [1.82, 2.24) is 19.3 Å². The molecule has 0 aromatic carbocycles. The number of hydrogen-bond donors (Lipinski definition) is 3. The van der Waals surface area contributed by atoms with Gasteiger partial charge in [0.05, 0.1) is 12.9 Å². The molecule has 2 aliphatic heterocycles. The lowest BCUT2D eigenvalue weighted by Crippen LogP contribution is -2.31. The molecule has 0 unspecified atom stereocenters. The number of aliphatic hydroxyl groups excluding tert-OH is 1. The fourth-order valence-corrected chi connectivity index (χ4v) is 3.14. The van der Waals surface area contributed by atoms with Crippen molar-refractivity contribution < 1.29 is 24.5 Å². The van der Waals surface area contributed by atoms with E-state index >= 15 is 0 Å². The van der Waals surface area contributed by atoms with Crippen LogP contribution in [0.4, 0.5) is 0 Å². The third-order valence-corrected chi connectivity index (χ3v) is 4.09. The zero-order valence-corrected chi connectivity index (χ0v) is 12.6. The van der Waals surface area contributed by atoms with Gasteiger partial charge in [-0.15, -0.1) is 0 Å². The monoisotopic (exact) mass is 323 g/mol. The molecule has 2 aromatic rings. The van der Waals surface area contributed by atoms with Gasteiger partial charge in [0.1, 0.15) is 24.6 Å². The lowest BCUT2D eigenvalue weighted by molar-refractivity contribution is -0.199. The van der Waals surface area contributed by atoms with Crippen LogP contribution in [0.2, 0.25) is 0 Å². The fourth-order valence-electron chi connectivity index (χ4n) is 3.14. The Balaban J connectivity index is 1.79. The molecule has 0 amide bonds. The van der Waals surface area contributed by atoms with Crippen LogP contribution in [-0.2, 0) is 14.2 Å². The van der Waals surface area contributed by atoms with Crippen LogP contribution in [-0.4, -0.2) is 60.3 Å². The maximum atomic E-state index is 9.52. The third kappa shape index (κ3) is 2.06. The van der Waals surface area contributed by atoms with Crippen LogP contribution < -0.4 is 5.49 Å². The van der Waals surface area contributed by atoms with Crippen LogP contribution in [0.25, 0.3) is 11.2 Å². The molecule has 0 bridgehead atoms. The van der Waals surface area contributed by atoms with E-state index in [4.69, 9.17) is 19.6 Å². The first-order chi connectivity index (χ1) is 10.9. The van der Waals surface area contributed by atoms with Crippen LogP contribution in [0.15, 0.2) is 12.7 Å². The van der Waals surface area contributed by atoms with Gasteiger partial charge < -0.3 is 24.5 Å². The Morgan fingerprint density at radius 2 is 2.00 bits per heavy atom. The molecule has 0 saturated carbocycles. The molecule has 4 heterocycles. The molecule has 124 valence electrons. The van der Waals surface area contributed by atoms with E-state index < -0.39 is 30.3 Å². The van der Waals surface area contributed by atoms with Crippen molar-refractivity contribution in [2.45, 2.75) is 44.2 Å². The van der Waals surface area contributed by atoms with Gasteiger partial charge >= 0.3 is 0 Å². The number of ether oxygens (including phenoxy) is 3. The highest BCUT2D eigenvalue weighted by Gasteiger charge is 2.55. The Morgan fingerprint density at radius 1 is 1.26 bits per heavy atom. The molecule has 10 heteroatoms. The number of fused-ring (bicyclic) bond motifs is 2. The number of nitrogens with zero attached hydrogens (tertiary/aromatic N) is 4. The topological polar surface area (TPSA) is 128 Å². The summed E-state index contributed by atoms with van der Waals surface area (Å²) >= 11 is 0. The zero-order chi connectivity index (χ0) is 16.4. The van der Waals surface area contributed by atoms with Crippen molar-refractivity contribution in [2.75, 3.05) is 6.61 Å². The molecule has 2 saturated heterocycles. The molecule has 2 aliphatic rings. The summed E-state index contributed by atoms with van der Waals surface area (Å²) in [4.78, 5) is 8.22. The summed E-state index contributed by atoms with van der Waals surface area (Å²) in [7, 11) is 0. The lowest BCUT2D eigenvalue weighted by atomic mass is 10.1. The van der Waals surface area contributed by atoms with E-state index in [9.17, 15) is 10.3 Å². The summed E-state index contributed by atoms with van der Waals surface area (Å²) in [5.41, 5.74) is 0.447. The maximum Gasteiger partial charge on any atom is 0.192 e. The summed E-state index contributed by atoms with van der Waals surface area (Å²) in [6, 6.07) is 0. The lowest BCUT2D eigenvalue weighted by Gasteiger charge is -2.24. The van der Waals surface area contributed by atoms with Crippen LogP contribution in [0.1, 0.15) is 20.1 Å². The maximum absolute atomic E-state index is 9.52. The fraction of sp³-hybridized carbons (Fsp3) is 0.615. The summed E-state index contributed by atoms with van der Waals surface area (Å²) in [6.07, 6.45) is 0.647. The van der Waals surface area contributed by atoms with E-state index in [0.29, 0.717) is 10.4 Å². The van der Waals surface area contributed by atoms with Crippen LogP contribution in [0.3, 0.4) is 0 Å². The molecule has 2 fully saturated rings. The molecular weight excluding hydrogens is 306 g/mol. The van der Waals surface area contributed by atoms with Crippen molar-refractivity contribution in [1.29, 1.82) is 5.41 Å². The van der Waals surface area contributed by atoms with E-state index in [1.54, 1.807) is 18.4 Å². The molecule has 0 aliphatic carbocycles. The average Bonchev–Trinajstić information content (AvgIpc) is 3.13. The van der Waals surface area contributed by atoms with E-state index in [1.165, 1.54) is 6.33 Å². The number of nitrogens with one attached hydrogen (secondary N) is 1. The predicted molar refractivity (Wildman–Crippen MR) is 73.4 cm³/mol. The Morgan fingerprint density at radius 3 is 2.74 bits per heavy atom. The van der Waals surface area contributed by atoms with Gasteiger partial charge in [0.25, 0.3) is 0 Å². The van der Waals surface area contributed by atoms with E-state index in [0.717, 1.165) is 6.33 Å². The van der Waals surface area contributed by atoms with Crippen molar-refractivity contribution >= 4 is 11.2 Å². The number of rotatable bonds is 2. The van der Waals surface area contributed by atoms with Crippen LogP contribution >= 0.6 is 0 Å². The Labute approximate surface area is 130 Å². The molecule has 3 N–H and O–H groups in total. The molecule has 0 radical (unpaired) electrons. The minimum atomic E-state index is -0.775. The Bertz CT molecular complexity index is 815. The van der Waals surface area contributed by atoms with Gasteiger partial charge in [-0.3, -0.25) is 9.98 Å². The molecule has 2 aromatic heterocycles. The SMILES string of the molecule is CC1(C)O[C@@H]2[C@H](O1)[C@@H](n1cnc3c(=N)n(O)cnc31)O[C@H]2CO. The summed E-state index contributed by atoms with van der Waals surface area (Å²) in [5.74, 6) is -0.775. The van der Waals surface area contributed by atoms with Crippen LogP contribution in [0, 0.1) is 5.41 Å². The minimum absolute atomic E-state index is 0.175. The standard InChI is InChI=1S/C13H17N5O5/c1-13(2)22-8-6(3-19)21-12(9(8)23-13)17-4-15-7-10(14)18(20)5-16-11(7)17/h4-6,8-9,12,14,19-20H,3H2,1-2H3/t6-,8-,9-,12-/m0/s1. The van der Waals surface area contributed by atoms with Gasteiger partial charge in [0, 0.05) is 0 Å². The number of aliphatic hydroxyl groups is 1. The average molecular weight is 323 g/mol. The summed E-state index contributed by atoms with van der Waals surface area (Å²) in [5, 5.41) is 26.8. The largest absolute Gasteiger partial charge is 0.425 e. The third-order valence-electron chi connectivity index (χ3n) is 4.09. The highest BCUT2D eigenvalue weighted by atomic mass is 16.8. The van der Waals surface area contributed by atoms with Crippen molar-refractivity contribution in [3.05, 3.63) is 18.1 Å². The molecule has 0 spiro atoms. The van der Waals surface area contributed by atoms with Crippen molar-refractivity contribution in [3.63, 3.8) is 0 Å². The normalized spacial score (nSPS) is 32.5. The van der Waals surface area contributed by atoms with Gasteiger partial charge in [0.2, 0.25) is 0 Å². The molecule has 23 heavy (non-hydrogen) atoms. The van der Waals surface area contributed by atoms with Gasteiger partial charge in [-0.05, 0) is 13.8 Å². The first-order valence-corrected chi connectivity index (χ1v) is 7.21. The Hall–Kier alpha value is -2.01. The van der Waals surface area contributed by atoms with E-state index in [1.807, 2.05) is 0 Å². The second-order valence-electron chi connectivity index (χ2n) is 6.07. The predicted octanol–water partition coefficient (Wildman–Crippen LogP) is -0.641. The number of hydrogen-bond acceptors (Lipinski definition) is 8. The Kier molecular flexibility index (Phi) is 3.00. The summed E-state index contributed by atoms with van der Waals surface area (Å²) in [6.45, 7) is 3.41. The van der Waals surface area contributed by atoms with Gasteiger partial charge in [0.15, 0.2) is 28.7 Å².